The van der Waals surface area contributed by atoms with Gasteiger partial charge in [-0.25, -0.2) is 0 Å². The summed E-state index contributed by atoms with van der Waals surface area (Å²) in [5, 5.41) is 0. The monoisotopic (exact) mass is 544 g/mol. The normalized spacial score (nSPS) is 36.3. The molecule has 2 aliphatic heterocycles. The fourth-order valence-electron chi connectivity index (χ4n) is 2.23. The molecule has 2 unspecified atom stereocenters. The average molecular weight is 548 g/mol. The van der Waals surface area contributed by atoms with E-state index < -0.39 is 16.1 Å². The summed E-state index contributed by atoms with van der Waals surface area (Å²) < 4.78 is 22.6. The summed E-state index contributed by atoms with van der Waals surface area (Å²) in [6.45, 7) is 5.83. The van der Waals surface area contributed by atoms with E-state index in [1.54, 1.807) is 0 Å². The van der Waals surface area contributed by atoms with E-state index in [-0.39, 0.29) is 12.2 Å². The van der Waals surface area contributed by atoms with Gasteiger partial charge in [-0.05, 0) is 13.8 Å². The van der Waals surface area contributed by atoms with Crippen molar-refractivity contribution in [1.29, 1.82) is 0 Å². The SMILES string of the molecule is C[C+]1CC(C)O[B-]2(O1)O[C+](C)CC(C)O2.[Cl][Sb-]([Cl])([Cl])([Cl])([Cl])[Cl]. The van der Waals surface area contributed by atoms with Crippen molar-refractivity contribution < 1.29 is 18.6 Å². The maximum absolute atomic E-state index is 5.68. The van der Waals surface area contributed by atoms with Crippen LogP contribution in [0.5, 0.6) is 0 Å². The third kappa shape index (κ3) is 10.9. The molecular weight excluding hydrogens is 529 g/mol. The van der Waals surface area contributed by atoms with Gasteiger partial charge in [0.2, 0.25) is 0 Å². The van der Waals surface area contributed by atoms with E-state index in [1.807, 2.05) is 27.7 Å². The zero-order valence-electron chi connectivity index (χ0n) is 12.5. The molecular formula is C10H18BCl6O4Sb. The average Bonchev–Trinajstić information content (AvgIpc) is 2.05. The van der Waals surface area contributed by atoms with Gasteiger partial charge in [0.1, 0.15) is 26.7 Å². The quantitative estimate of drug-likeness (QED) is 0.278. The fourth-order valence-corrected chi connectivity index (χ4v) is 2.23. The summed E-state index contributed by atoms with van der Waals surface area (Å²) >= 11 is 0. The van der Waals surface area contributed by atoms with Crippen LogP contribution >= 0.6 is 53.0 Å². The second-order valence-corrected chi connectivity index (χ2v) is 62.4. The summed E-state index contributed by atoms with van der Waals surface area (Å²) in [7, 11) is 25.0. The summed E-state index contributed by atoms with van der Waals surface area (Å²) in [4.78, 5) is 0. The number of hydrogen-bond acceptors (Lipinski definition) is 4. The van der Waals surface area contributed by atoms with Crippen molar-refractivity contribution in [3.8, 4) is 0 Å². The molecule has 2 saturated heterocycles. The predicted octanol–water partition coefficient (Wildman–Crippen LogP) is 5.93. The van der Waals surface area contributed by atoms with Gasteiger partial charge >= 0.3 is 69.1 Å². The number of rotatable bonds is 0. The Balaban J connectivity index is 0.000000295. The molecule has 0 amide bonds. The molecule has 0 N–H and O–H groups in total. The number of hydrogen-bond donors (Lipinski definition) is 0. The molecule has 2 aliphatic rings. The Morgan fingerprint density at radius 1 is 0.818 bits per heavy atom. The second kappa shape index (κ2) is 6.74. The van der Waals surface area contributed by atoms with E-state index in [0.717, 1.165) is 25.0 Å². The fraction of sp³-hybridized carbons (Fsp3) is 0.800. The van der Waals surface area contributed by atoms with Crippen molar-refractivity contribution in [1.82, 2.24) is 0 Å². The molecule has 0 bridgehead atoms. The molecule has 2 fully saturated rings. The zero-order valence-corrected chi connectivity index (χ0v) is 19.6. The second-order valence-electron chi connectivity index (χ2n) is 5.48. The molecule has 12 heteroatoms. The molecule has 0 aromatic carbocycles. The van der Waals surface area contributed by atoms with E-state index in [2.05, 4.69) is 0 Å². The molecule has 0 saturated carbocycles. The third-order valence-corrected chi connectivity index (χ3v) is 2.64. The first-order chi connectivity index (χ1) is 9.44. The first kappa shape index (κ1) is 22.2. The van der Waals surface area contributed by atoms with Crippen LogP contribution in [-0.2, 0) is 18.6 Å². The molecule has 0 aliphatic carbocycles. The van der Waals surface area contributed by atoms with Crippen molar-refractivity contribution in [3.05, 3.63) is 12.2 Å². The van der Waals surface area contributed by atoms with Crippen LogP contribution in [0, 0.1) is 12.2 Å². The van der Waals surface area contributed by atoms with Gasteiger partial charge < -0.3 is 18.6 Å². The van der Waals surface area contributed by atoms with E-state index in [9.17, 15) is 0 Å². The topological polar surface area (TPSA) is 36.9 Å². The molecule has 2 heterocycles. The van der Waals surface area contributed by atoms with Crippen molar-refractivity contribution in [2.75, 3.05) is 0 Å². The summed E-state index contributed by atoms with van der Waals surface area (Å²) in [5.74, 6) is 0. The molecule has 1 spiro atoms. The van der Waals surface area contributed by atoms with Gasteiger partial charge in [-0.15, -0.1) is 0 Å². The van der Waals surface area contributed by atoms with Gasteiger partial charge in [0.15, 0.2) is 12.2 Å². The van der Waals surface area contributed by atoms with Gasteiger partial charge in [0.25, 0.3) is 0 Å². The summed E-state index contributed by atoms with van der Waals surface area (Å²) in [6.07, 6.45) is 3.58. The maximum atomic E-state index is 5.68. The summed E-state index contributed by atoms with van der Waals surface area (Å²) in [5.41, 5.74) is 0. The minimum absolute atomic E-state index is 0.0804. The predicted molar refractivity (Wildman–Crippen MR) is 97.0 cm³/mol. The Hall–Kier alpha value is 2.20. The van der Waals surface area contributed by atoms with Crippen molar-refractivity contribution in [2.24, 2.45) is 0 Å². The van der Waals surface area contributed by atoms with Crippen molar-refractivity contribution in [3.63, 3.8) is 0 Å². The Morgan fingerprint density at radius 2 is 1.09 bits per heavy atom. The van der Waals surface area contributed by atoms with Crippen LogP contribution in [0.3, 0.4) is 0 Å². The van der Waals surface area contributed by atoms with Gasteiger partial charge in [0.05, 0.1) is 12.2 Å². The Morgan fingerprint density at radius 3 is 1.32 bits per heavy atom. The van der Waals surface area contributed by atoms with Crippen molar-refractivity contribution in [2.45, 2.75) is 52.7 Å². The van der Waals surface area contributed by atoms with Crippen LogP contribution in [0.1, 0.15) is 40.5 Å². The molecule has 2 rings (SSSR count). The third-order valence-electron chi connectivity index (χ3n) is 2.64. The van der Waals surface area contributed by atoms with Crippen LogP contribution in [0.25, 0.3) is 0 Å². The van der Waals surface area contributed by atoms with Gasteiger partial charge in [-0.1, -0.05) is 0 Å². The van der Waals surface area contributed by atoms with E-state index in [4.69, 9.17) is 71.6 Å². The van der Waals surface area contributed by atoms with E-state index in [0.29, 0.717) is 0 Å². The molecule has 0 radical (unpaired) electrons. The van der Waals surface area contributed by atoms with Crippen LogP contribution in [-0.4, -0.2) is 28.3 Å². The van der Waals surface area contributed by atoms with E-state index in [1.165, 1.54) is 0 Å². The van der Waals surface area contributed by atoms with E-state index >= 15 is 0 Å². The van der Waals surface area contributed by atoms with Crippen LogP contribution < -0.4 is 0 Å². The van der Waals surface area contributed by atoms with Gasteiger partial charge in [0, 0.05) is 0 Å². The number of halogens is 6. The van der Waals surface area contributed by atoms with Crippen LogP contribution in [0.15, 0.2) is 0 Å². The van der Waals surface area contributed by atoms with Crippen molar-refractivity contribution >= 4 is 69.1 Å². The molecule has 2 atom stereocenters. The molecule has 0 aromatic heterocycles. The molecule has 4 nitrogen and oxygen atoms in total. The van der Waals surface area contributed by atoms with Gasteiger partial charge in [-0.3, -0.25) is 0 Å². The van der Waals surface area contributed by atoms with Gasteiger partial charge in [-0.2, -0.15) is 0 Å². The molecule has 22 heavy (non-hydrogen) atoms. The Kier molecular flexibility index (Phi) is 6.81. The standard InChI is InChI=1S/C10H18BO4.6ClH.Sb/c1-7-5-8(2)13-11(12-7)14-9(3)6-10(4)15-11;;;;;;;/h7,9H,5-6H2,1-4H3;6*1H;/q+1;;;;;;;+5/p-6. The summed E-state index contributed by atoms with van der Waals surface area (Å²) in [6, 6.07) is 0. The first-order valence-corrected chi connectivity index (χ1v) is 25.9. The van der Waals surface area contributed by atoms with Crippen LogP contribution in [0.2, 0.25) is 0 Å². The Labute approximate surface area is 151 Å². The zero-order chi connectivity index (χ0) is 17.5. The van der Waals surface area contributed by atoms with Crippen LogP contribution in [0.4, 0.5) is 0 Å². The Bertz CT molecular complexity index is 346. The molecule has 0 aromatic rings. The minimum atomic E-state index is -5.42. The molecule has 132 valence electrons. The first-order valence-electron chi connectivity index (χ1n) is 6.51.